The smallest absolute Gasteiger partial charge is 0.127 e. The molecule has 1 aliphatic heterocycles. The number of hydrogen-bond donors (Lipinski definition) is 0. The first-order valence-electron chi connectivity index (χ1n) is 5.88. The fraction of sp³-hybridized carbons (Fsp3) is 0.538. The SMILES string of the molecule is Fc1cc(CCl)cc(OCC2CCCCO2)c1. The van der Waals surface area contributed by atoms with Crippen LogP contribution in [0, 0.1) is 5.82 Å². The summed E-state index contributed by atoms with van der Waals surface area (Å²) in [6.45, 7) is 1.27. The summed E-state index contributed by atoms with van der Waals surface area (Å²) in [5.74, 6) is 0.492. The van der Waals surface area contributed by atoms with Crippen LogP contribution in [0.15, 0.2) is 18.2 Å². The number of hydrogen-bond acceptors (Lipinski definition) is 2. The van der Waals surface area contributed by atoms with Gasteiger partial charge in [0.15, 0.2) is 0 Å². The molecule has 0 spiro atoms. The van der Waals surface area contributed by atoms with E-state index in [2.05, 4.69) is 0 Å². The Kier molecular flexibility index (Phi) is 4.63. The normalized spacial score (nSPS) is 20.2. The second kappa shape index (κ2) is 6.22. The molecular weight excluding hydrogens is 243 g/mol. The summed E-state index contributed by atoms with van der Waals surface area (Å²) in [6, 6.07) is 4.55. The van der Waals surface area contributed by atoms with Gasteiger partial charge < -0.3 is 9.47 Å². The molecule has 1 aromatic carbocycles. The fourth-order valence-electron chi connectivity index (χ4n) is 1.91. The lowest BCUT2D eigenvalue weighted by Crippen LogP contribution is -2.25. The lowest BCUT2D eigenvalue weighted by molar-refractivity contribution is -0.0111. The van der Waals surface area contributed by atoms with E-state index in [0.717, 1.165) is 25.0 Å². The summed E-state index contributed by atoms with van der Waals surface area (Å²) in [7, 11) is 0. The van der Waals surface area contributed by atoms with Gasteiger partial charge in [-0.3, -0.25) is 0 Å². The maximum absolute atomic E-state index is 13.2. The van der Waals surface area contributed by atoms with Crippen molar-refractivity contribution in [3.63, 3.8) is 0 Å². The molecular formula is C13H16ClFO2. The third-order valence-corrected chi connectivity index (χ3v) is 3.10. The van der Waals surface area contributed by atoms with Gasteiger partial charge in [0.2, 0.25) is 0 Å². The number of benzene rings is 1. The van der Waals surface area contributed by atoms with Crippen LogP contribution in [-0.2, 0) is 10.6 Å². The molecule has 1 aliphatic rings. The van der Waals surface area contributed by atoms with Crippen LogP contribution in [0.5, 0.6) is 5.75 Å². The summed E-state index contributed by atoms with van der Waals surface area (Å²) >= 11 is 5.67. The maximum Gasteiger partial charge on any atom is 0.127 e. The predicted molar refractivity (Wildman–Crippen MR) is 65.0 cm³/mol. The number of halogens is 2. The van der Waals surface area contributed by atoms with Crippen molar-refractivity contribution in [3.8, 4) is 5.75 Å². The van der Waals surface area contributed by atoms with Gasteiger partial charge in [0.1, 0.15) is 18.2 Å². The highest BCUT2D eigenvalue weighted by Gasteiger charge is 2.14. The maximum atomic E-state index is 13.2. The molecule has 1 saturated heterocycles. The van der Waals surface area contributed by atoms with Crippen LogP contribution < -0.4 is 4.74 Å². The first-order chi connectivity index (χ1) is 8.28. The van der Waals surface area contributed by atoms with Crippen molar-refractivity contribution >= 4 is 11.6 Å². The van der Waals surface area contributed by atoms with Crippen LogP contribution in [0.4, 0.5) is 4.39 Å². The zero-order valence-electron chi connectivity index (χ0n) is 9.62. The zero-order chi connectivity index (χ0) is 12.1. The monoisotopic (exact) mass is 258 g/mol. The molecule has 2 rings (SSSR count). The van der Waals surface area contributed by atoms with Crippen molar-refractivity contribution in [1.82, 2.24) is 0 Å². The third-order valence-electron chi connectivity index (χ3n) is 2.80. The topological polar surface area (TPSA) is 18.5 Å². The molecule has 4 heteroatoms. The van der Waals surface area contributed by atoms with Gasteiger partial charge in [0.05, 0.1) is 6.10 Å². The fourth-order valence-corrected chi connectivity index (χ4v) is 2.06. The number of ether oxygens (including phenoxy) is 2. The Balaban J connectivity index is 1.91. The Hall–Kier alpha value is -0.800. The molecule has 0 radical (unpaired) electrons. The van der Waals surface area contributed by atoms with E-state index in [4.69, 9.17) is 21.1 Å². The minimum Gasteiger partial charge on any atom is -0.491 e. The van der Waals surface area contributed by atoms with E-state index in [1.807, 2.05) is 0 Å². The Labute approximate surface area is 106 Å². The second-order valence-electron chi connectivity index (χ2n) is 4.23. The minimum absolute atomic E-state index is 0.131. The lowest BCUT2D eigenvalue weighted by atomic mass is 10.1. The third kappa shape index (κ3) is 3.86. The van der Waals surface area contributed by atoms with E-state index in [1.54, 1.807) is 6.07 Å². The molecule has 0 saturated carbocycles. The highest BCUT2D eigenvalue weighted by Crippen LogP contribution is 2.20. The summed E-state index contributed by atoms with van der Waals surface area (Å²) in [5.41, 5.74) is 0.728. The quantitative estimate of drug-likeness (QED) is 0.770. The molecule has 1 unspecified atom stereocenters. The first-order valence-corrected chi connectivity index (χ1v) is 6.41. The Bertz CT molecular complexity index is 364. The van der Waals surface area contributed by atoms with Crippen LogP contribution in [0.25, 0.3) is 0 Å². The summed E-state index contributed by atoms with van der Waals surface area (Å²) in [5, 5.41) is 0. The van der Waals surface area contributed by atoms with E-state index in [9.17, 15) is 4.39 Å². The van der Waals surface area contributed by atoms with Gasteiger partial charge in [-0.25, -0.2) is 4.39 Å². The molecule has 0 amide bonds. The Morgan fingerprint density at radius 3 is 2.94 bits per heavy atom. The van der Waals surface area contributed by atoms with Gasteiger partial charge in [-0.05, 0) is 37.0 Å². The van der Waals surface area contributed by atoms with Crippen molar-refractivity contribution in [3.05, 3.63) is 29.6 Å². The predicted octanol–water partition coefficient (Wildman–Crippen LogP) is 3.51. The average Bonchev–Trinajstić information content (AvgIpc) is 2.37. The van der Waals surface area contributed by atoms with E-state index in [-0.39, 0.29) is 17.8 Å². The number of rotatable bonds is 4. The molecule has 0 aliphatic carbocycles. The summed E-state index contributed by atoms with van der Waals surface area (Å²) in [4.78, 5) is 0. The molecule has 0 N–H and O–H groups in total. The lowest BCUT2D eigenvalue weighted by Gasteiger charge is -2.22. The minimum atomic E-state index is -0.317. The van der Waals surface area contributed by atoms with Crippen LogP contribution in [-0.4, -0.2) is 19.3 Å². The van der Waals surface area contributed by atoms with Crippen molar-refractivity contribution in [2.45, 2.75) is 31.2 Å². The standard InChI is InChI=1S/C13H16ClFO2/c14-8-10-5-11(15)7-13(6-10)17-9-12-3-1-2-4-16-12/h5-7,12H,1-4,8-9H2. The molecule has 1 aromatic rings. The molecule has 0 bridgehead atoms. The zero-order valence-corrected chi connectivity index (χ0v) is 10.4. The molecule has 2 nitrogen and oxygen atoms in total. The van der Waals surface area contributed by atoms with Crippen LogP contribution in [0.2, 0.25) is 0 Å². The molecule has 1 heterocycles. The van der Waals surface area contributed by atoms with Gasteiger partial charge >= 0.3 is 0 Å². The van der Waals surface area contributed by atoms with Crippen LogP contribution in [0.3, 0.4) is 0 Å². The van der Waals surface area contributed by atoms with Crippen LogP contribution >= 0.6 is 11.6 Å². The van der Waals surface area contributed by atoms with Crippen molar-refractivity contribution in [2.24, 2.45) is 0 Å². The molecule has 94 valence electrons. The van der Waals surface area contributed by atoms with Crippen LogP contribution in [0.1, 0.15) is 24.8 Å². The Morgan fingerprint density at radius 2 is 2.24 bits per heavy atom. The molecule has 1 fully saturated rings. The highest BCUT2D eigenvalue weighted by atomic mass is 35.5. The van der Waals surface area contributed by atoms with Gasteiger partial charge in [-0.1, -0.05) is 0 Å². The van der Waals surface area contributed by atoms with Gasteiger partial charge in [-0.2, -0.15) is 0 Å². The van der Waals surface area contributed by atoms with E-state index >= 15 is 0 Å². The second-order valence-corrected chi connectivity index (χ2v) is 4.50. The van der Waals surface area contributed by atoms with Gasteiger partial charge in [0, 0.05) is 18.6 Å². The molecule has 0 aromatic heterocycles. The van der Waals surface area contributed by atoms with Gasteiger partial charge in [-0.15, -0.1) is 11.6 Å². The van der Waals surface area contributed by atoms with E-state index in [1.165, 1.54) is 18.6 Å². The summed E-state index contributed by atoms with van der Waals surface area (Å²) < 4.78 is 24.3. The largest absolute Gasteiger partial charge is 0.491 e. The van der Waals surface area contributed by atoms with Crippen molar-refractivity contribution in [2.75, 3.05) is 13.2 Å². The first kappa shape index (κ1) is 12.7. The van der Waals surface area contributed by atoms with Crippen molar-refractivity contribution < 1.29 is 13.9 Å². The van der Waals surface area contributed by atoms with E-state index < -0.39 is 0 Å². The summed E-state index contributed by atoms with van der Waals surface area (Å²) in [6.07, 6.45) is 3.43. The van der Waals surface area contributed by atoms with Crippen molar-refractivity contribution in [1.29, 1.82) is 0 Å². The Morgan fingerprint density at radius 1 is 1.35 bits per heavy atom. The highest BCUT2D eigenvalue weighted by molar-refractivity contribution is 6.17. The van der Waals surface area contributed by atoms with Gasteiger partial charge in [0.25, 0.3) is 0 Å². The molecule has 17 heavy (non-hydrogen) atoms. The molecule has 1 atom stereocenters. The average molecular weight is 259 g/mol. The van der Waals surface area contributed by atoms with E-state index in [0.29, 0.717) is 12.4 Å². The number of alkyl halides is 1.